The molecule has 0 radical (unpaired) electrons. The number of aliphatic hydroxyl groups is 3. The number of aliphatic hydroxyl groups excluding tert-OH is 3. The molecule has 1 spiro atoms. The van der Waals surface area contributed by atoms with Crippen molar-refractivity contribution < 1.29 is 62.6 Å². The van der Waals surface area contributed by atoms with Crippen molar-refractivity contribution in [1.29, 1.82) is 0 Å². The highest BCUT2D eigenvalue weighted by molar-refractivity contribution is 5.93. The summed E-state index contributed by atoms with van der Waals surface area (Å²) in [6.07, 6.45) is -5.16. The molecule has 0 amide bonds. The molecule has 0 aromatic carbocycles. The van der Waals surface area contributed by atoms with Crippen LogP contribution >= 0.6 is 0 Å². The standard InChI is InChI=1S/C35H46O13/c1-8-15(2)29(42)47-30-31(5)20-12-21(38)33(7)25(34(20,14-44-30)26(41)24(40)27(31)45-16(3)36)23(39)28(46-17(4)37)32(6)19(18-9-10-43-13-18)11-22-35(32,33)48-22/h9-10,13,15,19-22,24-28,30,38,40-41H,8,11-12,14H2,1-7H3/t15-,19+,20+,21-,22-,24-,25+,26+,27-,28+,30-,31-,32-,33-,34+,35-/m1/s1. The maximum absolute atomic E-state index is 15.3. The smallest absolute Gasteiger partial charge is 0.310 e. The summed E-state index contributed by atoms with van der Waals surface area (Å²) >= 11 is 0. The number of carbonyl (C=O) groups is 4. The van der Waals surface area contributed by atoms with E-state index in [0.717, 1.165) is 12.5 Å². The quantitative estimate of drug-likeness (QED) is 0.226. The first-order valence-corrected chi connectivity index (χ1v) is 16.9. The molecule has 0 unspecified atom stereocenters. The van der Waals surface area contributed by atoms with Crippen LogP contribution in [-0.4, -0.2) is 94.1 Å². The van der Waals surface area contributed by atoms with Gasteiger partial charge < -0.3 is 43.4 Å². The van der Waals surface area contributed by atoms with Crippen LogP contribution in [0.2, 0.25) is 0 Å². The Hall–Kier alpha value is -2.84. The van der Waals surface area contributed by atoms with Crippen LogP contribution in [0.15, 0.2) is 23.0 Å². The number of rotatable bonds is 6. The third-order valence-corrected chi connectivity index (χ3v) is 13.8. The highest BCUT2D eigenvalue weighted by atomic mass is 16.7. The van der Waals surface area contributed by atoms with E-state index in [-0.39, 0.29) is 18.9 Å². The first kappa shape index (κ1) is 33.6. The largest absolute Gasteiger partial charge is 0.472 e. The second-order valence-electron chi connectivity index (χ2n) is 15.7. The fraction of sp³-hybridized carbons (Fsp3) is 0.771. The number of esters is 3. The molecule has 2 saturated heterocycles. The van der Waals surface area contributed by atoms with Gasteiger partial charge in [0.25, 0.3) is 0 Å². The molecule has 16 atom stereocenters. The first-order chi connectivity index (χ1) is 22.5. The summed E-state index contributed by atoms with van der Waals surface area (Å²) in [7, 11) is 0. The van der Waals surface area contributed by atoms with E-state index in [9.17, 15) is 29.7 Å². The van der Waals surface area contributed by atoms with Crippen LogP contribution in [0.25, 0.3) is 0 Å². The molecular weight excluding hydrogens is 628 g/mol. The van der Waals surface area contributed by atoms with Crippen LogP contribution in [0.3, 0.4) is 0 Å². The molecule has 6 fully saturated rings. The minimum absolute atomic E-state index is 0.0262. The van der Waals surface area contributed by atoms with Gasteiger partial charge in [-0.25, -0.2) is 0 Å². The Balaban J connectivity index is 1.42. The number of epoxide rings is 1. The van der Waals surface area contributed by atoms with Crippen molar-refractivity contribution in [3.05, 3.63) is 24.2 Å². The van der Waals surface area contributed by atoms with Gasteiger partial charge in [-0.3, -0.25) is 19.2 Å². The van der Waals surface area contributed by atoms with Gasteiger partial charge in [0.15, 0.2) is 11.9 Å². The number of furan rings is 1. The maximum Gasteiger partial charge on any atom is 0.310 e. The lowest BCUT2D eigenvalue weighted by Gasteiger charge is -2.73. The second-order valence-corrected chi connectivity index (χ2v) is 15.7. The zero-order valence-electron chi connectivity index (χ0n) is 28.3. The van der Waals surface area contributed by atoms with E-state index in [0.29, 0.717) is 12.8 Å². The van der Waals surface area contributed by atoms with Gasteiger partial charge in [0.2, 0.25) is 6.29 Å². The van der Waals surface area contributed by atoms with E-state index < -0.39 is 112 Å². The van der Waals surface area contributed by atoms with E-state index in [1.54, 1.807) is 27.0 Å². The second kappa shape index (κ2) is 10.6. The van der Waals surface area contributed by atoms with Crippen LogP contribution in [0.1, 0.15) is 79.2 Å². The number of fused-ring (bicyclic) bond motifs is 1. The van der Waals surface area contributed by atoms with Gasteiger partial charge in [0.05, 0.1) is 54.2 Å². The molecule has 13 nitrogen and oxygen atoms in total. The van der Waals surface area contributed by atoms with E-state index >= 15 is 4.79 Å². The van der Waals surface area contributed by atoms with Gasteiger partial charge in [-0.05, 0) is 43.7 Å². The van der Waals surface area contributed by atoms with E-state index in [4.69, 9.17) is 28.1 Å². The Bertz CT molecular complexity index is 1530. The van der Waals surface area contributed by atoms with Gasteiger partial charge in [0, 0.05) is 36.5 Å². The van der Waals surface area contributed by atoms with Gasteiger partial charge in [0.1, 0.15) is 17.8 Å². The maximum atomic E-state index is 15.3. The number of Topliss-reactive ketones (excluding diaryl/α,β-unsaturated/α-hetero) is 1. The summed E-state index contributed by atoms with van der Waals surface area (Å²) in [5, 5.41) is 36.6. The normalized spacial score (nSPS) is 50.6. The summed E-state index contributed by atoms with van der Waals surface area (Å²) < 4.78 is 36.0. The predicted molar refractivity (Wildman–Crippen MR) is 161 cm³/mol. The molecule has 3 N–H and O–H groups in total. The number of ether oxygens (including phenoxy) is 5. The molecule has 264 valence electrons. The highest BCUT2D eigenvalue weighted by Crippen LogP contribution is 2.83. The van der Waals surface area contributed by atoms with Crippen LogP contribution in [0, 0.1) is 39.4 Å². The average molecular weight is 675 g/mol. The molecule has 7 rings (SSSR count). The number of carbonyl (C=O) groups excluding carboxylic acids is 4. The molecule has 2 aliphatic heterocycles. The van der Waals surface area contributed by atoms with Gasteiger partial charge in [-0.15, -0.1) is 0 Å². The lowest BCUT2D eigenvalue weighted by atomic mass is 9.33. The van der Waals surface area contributed by atoms with Crippen molar-refractivity contribution >= 4 is 23.7 Å². The molecule has 13 heteroatoms. The monoisotopic (exact) mass is 674 g/mol. The Morgan fingerprint density at radius 2 is 1.71 bits per heavy atom. The van der Waals surface area contributed by atoms with Crippen molar-refractivity contribution in [1.82, 2.24) is 0 Å². The lowest BCUT2D eigenvalue weighted by Crippen LogP contribution is -2.84. The molecule has 1 aromatic rings. The third-order valence-electron chi connectivity index (χ3n) is 13.8. The van der Waals surface area contributed by atoms with Crippen LogP contribution < -0.4 is 0 Å². The van der Waals surface area contributed by atoms with Crippen molar-refractivity contribution in [2.24, 2.45) is 39.4 Å². The topological polar surface area (TPSA) is 192 Å². The summed E-state index contributed by atoms with van der Waals surface area (Å²) in [5.41, 5.74) is -6.03. The van der Waals surface area contributed by atoms with Crippen molar-refractivity contribution in [2.45, 2.75) is 122 Å². The Labute approximate surface area is 278 Å². The Morgan fingerprint density at radius 3 is 2.31 bits per heavy atom. The SMILES string of the molecule is CC[C@@H](C)C(=O)O[C@H]1OC[C@@]23[C@H]4C(=O)[C@H](OC(C)=O)[C@@]5(C)[C@H](c6ccoc6)C[C@H]6O[C@]65[C@]4(C)[C@H](O)C[C@H]2[C@]1(C)[C@H](OC(C)=O)[C@H](O)[C@@H]3O. The Morgan fingerprint density at radius 1 is 1.02 bits per heavy atom. The number of hydrogen-bond acceptors (Lipinski definition) is 13. The minimum Gasteiger partial charge on any atom is -0.472 e. The molecular formula is C35H46O13. The molecule has 4 aliphatic carbocycles. The van der Waals surface area contributed by atoms with E-state index in [1.807, 2.05) is 19.9 Å². The Kier molecular flexibility index (Phi) is 7.42. The first-order valence-electron chi connectivity index (χ1n) is 16.9. The molecule has 6 aliphatic rings. The minimum atomic E-state index is -1.73. The van der Waals surface area contributed by atoms with E-state index in [1.165, 1.54) is 13.2 Å². The molecule has 3 heterocycles. The van der Waals surface area contributed by atoms with Gasteiger partial charge in [-0.2, -0.15) is 0 Å². The van der Waals surface area contributed by atoms with Crippen molar-refractivity contribution in [2.75, 3.05) is 6.61 Å². The van der Waals surface area contributed by atoms with Gasteiger partial charge in [-0.1, -0.05) is 27.7 Å². The van der Waals surface area contributed by atoms with Gasteiger partial charge >= 0.3 is 17.9 Å². The fourth-order valence-electron chi connectivity index (χ4n) is 11.6. The third kappa shape index (κ3) is 3.74. The summed E-state index contributed by atoms with van der Waals surface area (Å²) in [6, 6.07) is 1.81. The van der Waals surface area contributed by atoms with E-state index in [2.05, 4.69) is 0 Å². The average Bonchev–Trinajstić information content (AvgIpc) is 3.39. The summed E-state index contributed by atoms with van der Waals surface area (Å²) in [5.74, 6) is -5.51. The molecule has 48 heavy (non-hydrogen) atoms. The summed E-state index contributed by atoms with van der Waals surface area (Å²) in [4.78, 5) is 53.7. The van der Waals surface area contributed by atoms with Crippen molar-refractivity contribution in [3.63, 3.8) is 0 Å². The highest BCUT2D eigenvalue weighted by Gasteiger charge is 2.93. The number of hydrogen-bond donors (Lipinski definition) is 3. The van der Waals surface area contributed by atoms with Crippen LogP contribution in [0.5, 0.6) is 0 Å². The fourth-order valence-corrected chi connectivity index (χ4v) is 11.6. The van der Waals surface area contributed by atoms with Crippen molar-refractivity contribution in [3.8, 4) is 0 Å². The lowest BCUT2D eigenvalue weighted by molar-refractivity contribution is -0.391. The van der Waals surface area contributed by atoms with Crippen LogP contribution in [0.4, 0.5) is 0 Å². The summed E-state index contributed by atoms with van der Waals surface area (Å²) in [6.45, 7) is 10.9. The molecule has 1 aromatic heterocycles. The number of ketones is 1. The molecule has 4 saturated carbocycles. The molecule has 2 bridgehead atoms. The van der Waals surface area contributed by atoms with Crippen LogP contribution in [-0.2, 0) is 42.9 Å². The predicted octanol–water partition coefficient (Wildman–Crippen LogP) is 2.03. The zero-order chi connectivity index (χ0) is 34.9. The zero-order valence-corrected chi connectivity index (χ0v) is 28.3.